The molecule has 1 atom stereocenters. The van der Waals surface area contributed by atoms with E-state index in [-0.39, 0.29) is 6.10 Å². The maximum absolute atomic E-state index is 5.85. The summed E-state index contributed by atoms with van der Waals surface area (Å²) in [5.41, 5.74) is 1.08. The molecular formula is C16H19N5OS. The molecule has 3 heterocycles. The van der Waals surface area contributed by atoms with E-state index in [0.29, 0.717) is 6.61 Å². The highest BCUT2D eigenvalue weighted by Gasteiger charge is 2.25. The van der Waals surface area contributed by atoms with Gasteiger partial charge in [0.25, 0.3) is 0 Å². The van der Waals surface area contributed by atoms with Crippen molar-refractivity contribution in [3.8, 4) is 0 Å². The lowest BCUT2D eigenvalue weighted by atomic mass is 10.2. The molecule has 0 amide bonds. The van der Waals surface area contributed by atoms with Gasteiger partial charge in [0, 0.05) is 19.5 Å². The Kier molecular flexibility index (Phi) is 4.07. The topological polar surface area (TPSA) is 66.9 Å². The molecule has 0 saturated carbocycles. The Balaban J connectivity index is 1.46. The first-order valence-corrected chi connectivity index (χ1v) is 8.73. The van der Waals surface area contributed by atoms with Gasteiger partial charge in [-0.15, -0.1) is 11.3 Å². The monoisotopic (exact) mass is 329 g/mol. The Morgan fingerprint density at radius 3 is 3.09 bits per heavy atom. The lowest BCUT2D eigenvalue weighted by molar-refractivity contribution is -0.0370. The summed E-state index contributed by atoms with van der Waals surface area (Å²) in [5, 5.41) is 8.40. The maximum Gasteiger partial charge on any atom is 0.180 e. The summed E-state index contributed by atoms with van der Waals surface area (Å²) in [5.74, 6) is 1.67. The minimum atomic E-state index is -0.0605. The Hall–Kier alpha value is -1.83. The number of para-hydroxylation sites is 1. The SMILES string of the molecule is CCc1nc([C@H]2CN(Cc3nc4ccccc4s3)CCO2)n[nH]1. The van der Waals surface area contributed by atoms with E-state index < -0.39 is 0 Å². The molecule has 3 aromatic rings. The molecule has 1 aliphatic heterocycles. The van der Waals surface area contributed by atoms with Crippen LogP contribution < -0.4 is 0 Å². The number of aromatic nitrogens is 4. The first kappa shape index (κ1) is 14.7. The smallest absolute Gasteiger partial charge is 0.180 e. The Morgan fingerprint density at radius 2 is 2.26 bits per heavy atom. The number of H-pyrrole nitrogens is 1. The number of nitrogens with zero attached hydrogens (tertiary/aromatic N) is 4. The number of nitrogens with one attached hydrogen (secondary N) is 1. The van der Waals surface area contributed by atoms with Crippen molar-refractivity contribution in [3.05, 3.63) is 40.9 Å². The maximum atomic E-state index is 5.85. The molecule has 0 unspecified atom stereocenters. The third-order valence-electron chi connectivity index (χ3n) is 4.02. The van der Waals surface area contributed by atoms with Gasteiger partial charge in [-0.05, 0) is 12.1 Å². The quantitative estimate of drug-likeness (QED) is 0.797. The normalized spacial score (nSPS) is 19.4. The van der Waals surface area contributed by atoms with Crippen molar-refractivity contribution < 1.29 is 4.74 Å². The second kappa shape index (κ2) is 6.35. The Morgan fingerprint density at radius 1 is 1.35 bits per heavy atom. The zero-order chi connectivity index (χ0) is 15.6. The highest BCUT2D eigenvalue weighted by atomic mass is 32.1. The zero-order valence-corrected chi connectivity index (χ0v) is 13.8. The third-order valence-corrected chi connectivity index (χ3v) is 5.04. The van der Waals surface area contributed by atoms with Gasteiger partial charge >= 0.3 is 0 Å². The number of aryl methyl sites for hydroxylation is 1. The highest BCUT2D eigenvalue weighted by Crippen LogP contribution is 2.25. The van der Waals surface area contributed by atoms with Crippen molar-refractivity contribution in [1.29, 1.82) is 0 Å². The number of thiazole rings is 1. The van der Waals surface area contributed by atoms with Crippen LogP contribution >= 0.6 is 11.3 Å². The van der Waals surface area contributed by atoms with Crippen LogP contribution in [0.15, 0.2) is 24.3 Å². The van der Waals surface area contributed by atoms with Crippen molar-refractivity contribution in [1.82, 2.24) is 25.1 Å². The molecule has 7 heteroatoms. The van der Waals surface area contributed by atoms with E-state index in [4.69, 9.17) is 9.72 Å². The number of rotatable bonds is 4. The van der Waals surface area contributed by atoms with Crippen molar-refractivity contribution >= 4 is 21.6 Å². The van der Waals surface area contributed by atoms with Gasteiger partial charge in [0.2, 0.25) is 0 Å². The molecule has 4 rings (SSSR count). The number of ether oxygens (including phenoxy) is 1. The van der Waals surface area contributed by atoms with Gasteiger partial charge in [-0.25, -0.2) is 9.97 Å². The standard InChI is InChI=1S/C16H19N5OS/c1-2-14-18-16(20-19-14)12-9-21(7-8-22-12)10-15-17-11-5-3-4-6-13(11)23-15/h3-6,12H,2,7-10H2,1H3,(H,18,19,20)/t12-/m1/s1. The second-order valence-electron chi connectivity index (χ2n) is 5.66. The van der Waals surface area contributed by atoms with E-state index in [1.54, 1.807) is 11.3 Å². The predicted molar refractivity (Wildman–Crippen MR) is 89.4 cm³/mol. The van der Waals surface area contributed by atoms with Crippen molar-refractivity contribution in [2.75, 3.05) is 19.7 Å². The summed E-state index contributed by atoms with van der Waals surface area (Å²) in [7, 11) is 0. The van der Waals surface area contributed by atoms with E-state index in [1.807, 2.05) is 6.07 Å². The molecule has 1 saturated heterocycles. The average Bonchev–Trinajstić information content (AvgIpc) is 3.21. The number of hydrogen-bond donors (Lipinski definition) is 1. The summed E-state index contributed by atoms with van der Waals surface area (Å²) >= 11 is 1.76. The lowest BCUT2D eigenvalue weighted by Gasteiger charge is -2.30. The first-order chi connectivity index (χ1) is 11.3. The Labute approximate surface area is 138 Å². The second-order valence-corrected chi connectivity index (χ2v) is 6.78. The van der Waals surface area contributed by atoms with Crippen LogP contribution in [0.2, 0.25) is 0 Å². The van der Waals surface area contributed by atoms with E-state index in [2.05, 4.69) is 45.2 Å². The summed E-state index contributed by atoms with van der Waals surface area (Å²) in [6, 6.07) is 8.28. The van der Waals surface area contributed by atoms with Crippen molar-refractivity contribution in [2.24, 2.45) is 0 Å². The predicted octanol–water partition coefficient (Wildman–Crippen LogP) is 2.55. The molecule has 1 aromatic carbocycles. The van der Waals surface area contributed by atoms with Crippen LogP contribution in [-0.2, 0) is 17.7 Å². The molecule has 0 spiro atoms. The van der Waals surface area contributed by atoms with E-state index in [9.17, 15) is 0 Å². The molecule has 6 nitrogen and oxygen atoms in total. The van der Waals surface area contributed by atoms with Crippen LogP contribution in [0.3, 0.4) is 0 Å². The third kappa shape index (κ3) is 3.12. The summed E-state index contributed by atoms with van der Waals surface area (Å²) < 4.78 is 7.09. The fourth-order valence-electron chi connectivity index (χ4n) is 2.79. The molecule has 0 aliphatic carbocycles. The van der Waals surface area contributed by atoms with Gasteiger partial charge in [-0.2, -0.15) is 5.10 Å². The van der Waals surface area contributed by atoms with Gasteiger partial charge in [-0.1, -0.05) is 19.1 Å². The number of morpholine rings is 1. The molecule has 1 aliphatic rings. The summed E-state index contributed by atoms with van der Waals surface area (Å²) in [6.07, 6.45) is 0.796. The van der Waals surface area contributed by atoms with Gasteiger partial charge in [0.1, 0.15) is 16.9 Å². The van der Waals surface area contributed by atoms with Crippen LogP contribution in [-0.4, -0.2) is 44.8 Å². The van der Waals surface area contributed by atoms with E-state index in [0.717, 1.165) is 48.2 Å². The fraction of sp³-hybridized carbons (Fsp3) is 0.438. The number of fused-ring (bicyclic) bond motifs is 1. The van der Waals surface area contributed by atoms with Gasteiger partial charge in [-0.3, -0.25) is 10.00 Å². The average molecular weight is 329 g/mol. The van der Waals surface area contributed by atoms with Gasteiger partial charge in [0.05, 0.1) is 23.4 Å². The summed E-state index contributed by atoms with van der Waals surface area (Å²) in [6.45, 7) is 5.33. The van der Waals surface area contributed by atoms with Crippen LogP contribution in [0.25, 0.3) is 10.2 Å². The molecule has 23 heavy (non-hydrogen) atoms. The van der Waals surface area contributed by atoms with Crippen LogP contribution in [0.1, 0.15) is 29.7 Å². The highest BCUT2D eigenvalue weighted by molar-refractivity contribution is 7.18. The van der Waals surface area contributed by atoms with Crippen LogP contribution in [0.4, 0.5) is 0 Å². The van der Waals surface area contributed by atoms with Crippen molar-refractivity contribution in [2.45, 2.75) is 26.0 Å². The van der Waals surface area contributed by atoms with Gasteiger partial charge < -0.3 is 4.74 Å². The fourth-order valence-corrected chi connectivity index (χ4v) is 3.80. The first-order valence-electron chi connectivity index (χ1n) is 7.91. The van der Waals surface area contributed by atoms with Crippen LogP contribution in [0, 0.1) is 0 Å². The van der Waals surface area contributed by atoms with Gasteiger partial charge in [0.15, 0.2) is 5.82 Å². The van der Waals surface area contributed by atoms with E-state index in [1.165, 1.54) is 4.70 Å². The Bertz CT molecular complexity index is 765. The lowest BCUT2D eigenvalue weighted by Crippen LogP contribution is -2.38. The molecule has 0 radical (unpaired) electrons. The molecular weight excluding hydrogens is 310 g/mol. The number of aromatic amines is 1. The molecule has 120 valence electrons. The molecule has 1 fully saturated rings. The molecule has 1 N–H and O–H groups in total. The van der Waals surface area contributed by atoms with Crippen molar-refractivity contribution in [3.63, 3.8) is 0 Å². The van der Waals surface area contributed by atoms with E-state index >= 15 is 0 Å². The minimum Gasteiger partial charge on any atom is -0.367 e. The van der Waals surface area contributed by atoms with Crippen LogP contribution in [0.5, 0.6) is 0 Å². The summed E-state index contributed by atoms with van der Waals surface area (Å²) in [4.78, 5) is 11.6. The minimum absolute atomic E-state index is 0.0605. The largest absolute Gasteiger partial charge is 0.367 e. The zero-order valence-electron chi connectivity index (χ0n) is 13.0. The number of benzene rings is 1. The number of hydrogen-bond acceptors (Lipinski definition) is 6. The molecule has 0 bridgehead atoms. The molecule has 2 aromatic heterocycles.